The second kappa shape index (κ2) is 8.55. The minimum absolute atomic E-state index is 0.191. The first-order valence-electron chi connectivity index (χ1n) is 9.72. The van der Waals surface area contributed by atoms with Crippen LogP contribution in [-0.2, 0) is 9.84 Å². The topological polar surface area (TPSA) is 71.1 Å². The molecule has 0 unspecified atom stereocenters. The molecule has 0 saturated carbocycles. The zero-order valence-electron chi connectivity index (χ0n) is 16.7. The molecule has 0 atom stereocenters. The van der Waals surface area contributed by atoms with Crippen LogP contribution in [0.1, 0.15) is 16.8 Å². The van der Waals surface area contributed by atoms with Crippen molar-refractivity contribution in [1.29, 1.82) is 0 Å². The van der Waals surface area contributed by atoms with Crippen LogP contribution in [0.4, 0.5) is 0 Å². The van der Waals surface area contributed by atoms with Gasteiger partial charge in [-0.05, 0) is 48.9 Å². The van der Waals surface area contributed by atoms with E-state index in [1.54, 1.807) is 36.4 Å². The highest BCUT2D eigenvalue weighted by Gasteiger charge is 2.17. The molecule has 0 radical (unpaired) electrons. The predicted octanol–water partition coefficient (Wildman–Crippen LogP) is 3.80. The fourth-order valence-electron chi connectivity index (χ4n) is 3.17. The maximum atomic E-state index is 12.7. The minimum atomic E-state index is -3.56. The SMILES string of the molecule is Cc1ccc(S(=O)(=O)c2ccc(C=C3CNC(=Cc4ccccc4)CN3)nc2)cc1. The van der Waals surface area contributed by atoms with Crippen molar-refractivity contribution in [2.24, 2.45) is 0 Å². The Hall–Kier alpha value is -3.38. The Kier molecular flexibility index (Phi) is 5.68. The van der Waals surface area contributed by atoms with Crippen LogP contribution in [0.25, 0.3) is 12.2 Å². The molecular weight excluding hydrogens is 394 g/mol. The quantitative estimate of drug-likeness (QED) is 0.676. The molecule has 1 aliphatic rings. The summed E-state index contributed by atoms with van der Waals surface area (Å²) in [5.74, 6) is 0. The van der Waals surface area contributed by atoms with Gasteiger partial charge in [-0.25, -0.2) is 8.42 Å². The molecule has 6 heteroatoms. The Morgan fingerprint density at radius 2 is 1.43 bits per heavy atom. The summed E-state index contributed by atoms with van der Waals surface area (Å²) in [4.78, 5) is 4.80. The normalized spacial score (nSPS) is 16.8. The summed E-state index contributed by atoms with van der Waals surface area (Å²) in [6, 6.07) is 20.3. The number of aryl methyl sites for hydroxylation is 1. The van der Waals surface area contributed by atoms with Gasteiger partial charge in [-0.1, -0.05) is 48.0 Å². The average molecular weight is 418 g/mol. The van der Waals surface area contributed by atoms with Crippen LogP contribution < -0.4 is 10.6 Å². The third-order valence-corrected chi connectivity index (χ3v) is 6.63. The number of piperazine rings is 1. The van der Waals surface area contributed by atoms with E-state index in [4.69, 9.17) is 0 Å². The van der Waals surface area contributed by atoms with E-state index in [9.17, 15) is 8.42 Å². The molecule has 2 N–H and O–H groups in total. The van der Waals surface area contributed by atoms with Crippen LogP contribution in [0, 0.1) is 6.92 Å². The summed E-state index contributed by atoms with van der Waals surface area (Å²) >= 11 is 0. The van der Waals surface area contributed by atoms with E-state index in [1.165, 1.54) is 6.20 Å². The van der Waals surface area contributed by atoms with Gasteiger partial charge in [-0.2, -0.15) is 0 Å². The molecule has 1 aliphatic heterocycles. The van der Waals surface area contributed by atoms with Gasteiger partial charge in [0.15, 0.2) is 0 Å². The predicted molar refractivity (Wildman–Crippen MR) is 119 cm³/mol. The van der Waals surface area contributed by atoms with Crippen molar-refractivity contribution in [3.05, 3.63) is 101 Å². The summed E-state index contributed by atoms with van der Waals surface area (Å²) < 4.78 is 25.5. The second-order valence-corrected chi connectivity index (χ2v) is 9.14. The van der Waals surface area contributed by atoms with E-state index in [0.717, 1.165) is 22.5 Å². The van der Waals surface area contributed by atoms with Gasteiger partial charge in [0.25, 0.3) is 0 Å². The molecular formula is C24H23N3O2S. The summed E-state index contributed by atoms with van der Waals surface area (Å²) in [5, 5.41) is 6.79. The van der Waals surface area contributed by atoms with Crippen molar-refractivity contribution in [3.63, 3.8) is 0 Å². The van der Waals surface area contributed by atoms with E-state index in [2.05, 4.69) is 33.8 Å². The average Bonchev–Trinajstić information content (AvgIpc) is 2.77. The fraction of sp³-hybridized carbons (Fsp3) is 0.125. The van der Waals surface area contributed by atoms with E-state index in [1.807, 2.05) is 31.2 Å². The highest BCUT2D eigenvalue weighted by Crippen LogP contribution is 2.21. The molecule has 1 fully saturated rings. The second-order valence-electron chi connectivity index (χ2n) is 7.19. The Labute approximate surface area is 177 Å². The number of aromatic nitrogens is 1. The molecule has 2 aromatic carbocycles. The van der Waals surface area contributed by atoms with Gasteiger partial charge in [0.2, 0.25) is 9.84 Å². The first kappa shape index (κ1) is 19.9. The highest BCUT2D eigenvalue weighted by atomic mass is 32.2. The van der Waals surface area contributed by atoms with Crippen molar-refractivity contribution < 1.29 is 8.42 Å². The number of pyridine rings is 1. The monoisotopic (exact) mass is 417 g/mol. The van der Waals surface area contributed by atoms with Gasteiger partial charge < -0.3 is 10.6 Å². The van der Waals surface area contributed by atoms with Crippen molar-refractivity contribution in [2.75, 3.05) is 13.1 Å². The maximum absolute atomic E-state index is 12.7. The van der Waals surface area contributed by atoms with Crippen molar-refractivity contribution in [2.45, 2.75) is 16.7 Å². The number of hydrogen-bond acceptors (Lipinski definition) is 5. The zero-order chi connectivity index (χ0) is 21.0. The molecule has 0 aliphatic carbocycles. The number of nitrogens with one attached hydrogen (secondary N) is 2. The van der Waals surface area contributed by atoms with Crippen LogP contribution in [-0.4, -0.2) is 26.5 Å². The Bertz CT molecular complexity index is 1170. The Balaban J connectivity index is 1.44. The highest BCUT2D eigenvalue weighted by molar-refractivity contribution is 7.91. The van der Waals surface area contributed by atoms with Crippen LogP contribution in [0.2, 0.25) is 0 Å². The molecule has 152 valence electrons. The number of rotatable bonds is 4. The number of benzene rings is 2. The van der Waals surface area contributed by atoms with Crippen LogP contribution in [0.15, 0.2) is 94.1 Å². The van der Waals surface area contributed by atoms with E-state index < -0.39 is 9.84 Å². The number of sulfone groups is 1. The lowest BCUT2D eigenvalue weighted by atomic mass is 10.1. The minimum Gasteiger partial charge on any atom is -0.381 e. The molecule has 1 aromatic heterocycles. The number of nitrogens with zero attached hydrogens (tertiary/aromatic N) is 1. The fourth-order valence-corrected chi connectivity index (χ4v) is 4.37. The Morgan fingerprint density at radius 1 is 0.800 bits per heavy atom. The van der Waals surface area contributed by atoms with Crippen molar-refractivity contribution in [1.82, 2.24) is 15.6 Å². The maximum Gasteiger partial charge on any atom is 0.208 e. The first-order valence-corrected chi connectivity index (χ1v) is 11.2. The van der Waals surface area contributed by atoms with Gasteiger partial charge in [0, 0.05) is 17.6 Å². The lowest BCUT2D eigenvalue weighted by Crippen LogP contribution is -2.36. The smallest absolute Gasteiger partial charge is 0.208 e. The molecule has 30 heavy (non-hydrogen) atoms. The standard InChI is InChI=1S/C24H23N3O2S/c1-18-7-10-23(11-8-18)30(28,29)24-12-9-20(27-17-24)14-22-16-25-21(15-26-22)13-19-5-3-2-4-6-19/h2-14,17,25-26H,15-16H2,1H3. The molecule has 3 aromatic rings. The van der Waals surface area contributed by atoms with Crippen LogP contribution in [0.5, 0.6) is 0 Å². The van der Waals surface area contributed by atoms with Gasteiger partial charge >= 0.3 is 0 Å². The van der Waals surface area contributed by atoms with Gasteiger partial charge in [0.05, 0.1) is 28.6 Å². The third-order valence-electron chi connectivity index (χ3n) is 4.88. The van der Waals surface area contributed by atoms with E-state index in [-0.39, 0.29) is 9.79 Å². The summed E-state index contributed by atoms with van der Waals surface area (Å²) in [6.07, 6.45) is 5.46. The van der Waals surface area contributed by atoms with Gasteiger partial charge in [-0.15, -0.1) is 0 Å². The largest absolute Gasteiger partial charge is 0.381 e. The summed E-state index contributed by atoms with van der Waals surface area (Å²) in [5.41, 5.74) is 5.00. The summed E-state index contributed by atoms with van der Waals surface area (Å²) in [7, 11) is -3.56. The van der Waals surface area contributed by atoms with Gasteiger partial charge in [0.1, 0.15) is 0 Å². The first-order chi connectivity index (χ1) is 14.5. The number of hydrogen-bond donors (Lipinski definition) is 2. The Morgan fingerprint density at radius 3 is 2.03 bits per heavy atom. The summed E-state index contributed by atoms with van der Waals surface area (Å²) in [6.45, 7) is 3.28. The molecule has 2 heterocycles. The molecule has 4 rings (SSSR count). The van der Waals surface area contributed by atoms with Crippen LogP contribution >= 0.6 is 0 Å². The van der Waals surface area contributed by atoms with Gasteiger partial charge in [-0.3, -0.25) is 4.98 Å². The van der Waals surface area contributed by atoms with E-state index >= 15 is 0 Å². The van der Waals surface area contributed by atoms with Crippen molar-refractivity contribution >= 4 is 22.0 Å². The zero-order valence-corrected chi connectivity index (χ0v) is 17.5. The lowest BCUT2D eigenvalue weighted by molar-refractivity contribution is 0.595. The van der Waals surface area contributed by atoms with Crippen molar-refractivity contribution in [3.8, 4) is 0 Å². The third kappa shape index (κ3) is 4.60. The molecule has 0 amide bonds. The van der Waals surface area contributed by atoms with E-state index in [0.29, 0.717) is 18.8 Å². The molecule has 1 saturated heterocycles. The van der Waals surface area contributed by atoms with Crippen LogP contribution in [0.3, 0.4) is 0 Å². The molecule has 0 bridgehead atoms. The molecule has 0 spiro atoms. The lowest BCUT2D eigenvalue weighted by Gasteiger charge is -2.22. The molecule has 5 nitrogen and oxygen atoms in total.